The van der Waals surface area contributed by atoms with Crippen molar-refractivity contribution in [2.24, 2.45) is 0 Å². The average molecular weight is 436 g/mol. The number of nitrogens with zero attached hydrogens (tertiary/aromatic N) is 1. The number of ether oxygens (including phenoxy) is 1. The van der Waals surface area contributed by atoms with Crippen LogP contribution in [0.1, 0.15) is 11.3 Å². The van der Waals surface area contributed by atoms with E-state index in [1.807, 2.05) is 25.1 Å². The third-order valence-electron chi connectivity index (χ3n) is 3.68. The third kappa shape index (κ3) is 3.76. The van der Waals surface area contributed by atoms with Crippen LogP contribution in [-0.4, -0.2) is 35.7 Å². The van der Waals surface area contributed by atoms with E-state index >= 15 is 0 Å². The second-order valence-electron chi connectivity index (χ2n) is 5.53. The second kappa shape index (κ2) is 7.51. The Morgan fingerprint density at radius 1 is 1.31 bits per heavy atom. The van der Waals surface area contributed by atoms with Crippen molar-refractivity contribution >= 4 is 50.9 Å². The molecule has 0 saturated carbocycles. The molecule has 1 aliphatic heterocycles. The summed E-state index contributed by atoms with van der Waals surface area (Å²) in [5, 5.41) is -0.514. The molecule has 0 unspecified atom stereocenters. The van der Waals surface area contributed by atoms with E-state index in [0.29, 0.717) is 11.5 Å². The molecule has 1 aromatic heterocycles. The van der Waals surface area contributed by atoms with Crippen molar-refractivity contribution in [3.63, 3.8) is 0 Å². The predicted molar refractivity (Wildman–Crippen MR) is 101 cm³/mol. The molecule has 1 saturated heterocycles. The van der Waals surface area contributed by atoms with E-state index in [0.717, 1.165) is 32.3 Å². The average Bonchev–Trinajstić information content (AvgIpc) is 3.15. The zero-order valence-corrected chi connectivity index (χ0v) is 16.3. The van der Waals surface area contributed by atoms with Gasteiger partial charge in [-0.2, -0.15) is 0 Å². The molecule has 0 N–H and O–H groups in total. The van der Waals surface area contributed by atoms with E-state index < -0.39 is 23.7 Å². The highest BCUT2D eigenvalue weighted by atomic mass is 79.9. The molecule has 1 fully saturated rings. The Balaban J connectivity index is 1.83. The molecule has 1 aliphatic rings. The van der Waals surface area contributed by atoms with Crippen LogP contribution < -0.4 is 0 Å². The van der Waals surface area contributed by atoms with Gasteiger partial charge in [-0.3, -0.25) is 19.3 Å². The fourth-order valence-corrected chi connectivity index (χ4v) is 3.86. The number of benzene rings is 1. The normalized spacial score (nSPS) is 15.8. The lowest BCUT2D eigenvalue weighted by molar-refractivity contribution is -0.143. The first kappa shape index (κ1) is 18.5. The van der Waals surface area contributed by atoms with Crippen LogP contribution in [0, 0.1) is 6.92 Å². The zero-order chi connectivity index (χ0) is 18.8. The van der Waals surface area contributed by atoms with Crippen LogP contribution in [-0.2, 0) is 14.3 Å². The first-order valence-electron chi connectivity index (χ1n) is 7.57. The number of thioether (sulfide) groups is 1. The maximum Gasteiger partial charge on any atom is 0.325 e. The van der Waals surface area contributed by atoms with Crippen LogP contribution in [0.5, 0.6) is 0 Å². The first-order valence-corrected chi connectivity index (χ1v) is 9.18. The van der Waals surface area contributed by atoms with Gasteiger partial charge in [-0.25, -0.2) is 0 Å². The number of hydrogen-bond acceptors (Lipinski definition) is 6. The van der Waals surface area contributed by atoms with Gasteiger partial charge >= 0.3 is 5.97 Å². The van der Waals surface area contributed by atoms with E-state index in [-0.39, 0.29) is 4.91 Å². The zero-order valence-electron chi connectivity index (χ0n) is 13.9. The van der Waals surface area contributed by atoms with Crippen LogP contribution >= 0.6 is 27.7 Å². The first-order chi connectivity index (χ1) is 12.4. The van der Waals surface area contributed by atoms with Crippen molar-refractivity contribution in [3.8, 4) is 11.3 Å². The lowest BCUT2D eigenvalue weighted by Crippen LogP contribution is -2.34. The summed E-state index contributed by atoms with van der Waals surface area (Å²) in [4.78, 5) is 36.6. The van der Waals surface area contributed by atoms with E-state index in [1.54, 1.807) is 12.1 Å². The van der Waals surface area contributed by atoms with E-state index in [1.165, 1.54) is 13.2 Å². The highest BCUT2D eigenvalue weighted by Crippen LogP contribution is 2.34. The number of halogens is 1. The molecule has 1 aromatic carbocycles. The maximum absolute atomic E-state index is 12.3. The van der Waals surface area contributed by atoms with Crippen molar-refractivity contribution < 1.29 is 23.5 Å². The predicted octanol–water partition coefficient (Wildman–Crippen LogP) is 4.23. The molecule has 0 aliphatic carbocycles. The van der Waals surface area contributed by atoms with Crippen molar-refractivity contribution in [1.82, 2.24) is 4.90 Å². The standard InChI is InChI=1S/C18H14BrNO5S/c1-10-3-5-12(13(19)7-10)14-6-4-11(25-14)8-15-17(22)20(18(23)26-15)9-16(21)24-2/h3-8H,9H2,1-2H3/b15-8+. The summed E-state index contributed by atoms with van der Waals surface area (Å²) >= 11 is 4.27. The van der Waals surface area contributed by atoms with Gasteiger partial charge in [-0.1, -0.05) is 22.0 Å². The minimum Gasteiger partial charge on any atom is -0.468 e. The van der Waals surface area contributed by atoms with Crippen LogP contribution in [0.3, 0.4) is 0 Å². The number of amides is 2. The van der Waals surface area contributed by atoms with Crippen molar-refractivity contribution in [2.75, 3.05) is 13.7 Å². The number of hydrogen-bond donors (Lipinski definition) is 0. The highest BCUT2D eigenvalue weighted by Gasteiger charge is 2.36. The Kier molecular flexibility index (Phi) is 5.33. The molecule has 0 spiro atoms. The smallest absolute Gasteiger partial charge is 0.325 e. The van der Waals surface area contributed by atoms with Gasteiger partial charge in [0.25, 0.3) is 11.1 Å². The Morgan fingerprint density at radius 2 is 2.08 bits per heavy atom. The van der Waals surface area contributed by atoms with Crippen LogP contribution in [0.25, 0.3) is 17.4 Å². The SMILES string of the molecule is COC(=O)CN1C(=O)S/C(=C/c2ccc(-c3ccc(C)cc3Br)o2)C1=O. The second-order valence-corrected chi connectivity index (χ2v) is 7.38. The van der Waals surface area contributed by atoms with Gasteiger partial charge in [0.05, 0.1) is 12.0 Å². The lowest BCUT2D eigenvalue weighted by atomic mass is 10.1. The quantitative estimate of drug-likeness (QED) is 0.528. The number of furan rings is 1. The number of carbonyl (C=O) groups excluding carboxylic acids is 3. The molecule has 2 amide bonds. The number of aryl methyl sites for hydroxylation is 1. The van der Waals surface area contributed by atoms with Gasteiger partial charge in [0, 0.05) is 16.1 Å². The summed E-state index contributed by atoms with van der Waals surface area (Å²) in [5.74, 6) is -0.120. The van der Waals surface area contributed by atoms with Crippen molar-refractivity contribution in [2.45, 2.75) is 6.92 Å². The molecule has 134 valence electrons. The molecule has 0 bridgehead atoms. The molecular formula is C18H14BrNO5S. The van der Waals surface area contributed by atoms with E-state index in [4.69, 9.17) is 4.42 Å². The van der Waals surface area contributed by atoms with Crippen LogP contribution in [0.2, 0.25) is 0 Å². The fourth-order valence-electron chi connectivity index (χ4n) is 2.35. The van der Waals surface area contributed by atoms with Gasteiger partial charge in [-0.05, 0) is 48.5 Å². The Bertz CT molecular complexity index is 933. The molecular weight excluding hydrogens is 422 g/mol. The van der Waals surface area contributed by atoms with Crippen molar-refractivity contribution in [3.05, 3.63) is 51.0 Å². The maximum atomic E-state index is 12.3. The lowest BCUT2D eigenvalue weighted by Gasteiger charge is -2.09. The van der Waals surface area contributed by atoms with Gasteiger partial charge in [0.15, 0.2) is 0 Å². The van der Waals surface area contributed by atoms with Crippen LogP contribution in [0.4, 0.5) is 4.79 Å². The Hall–Kier alpha value is -2.32. The monoisotopic (exact) mass is 435 g/mol. The fraction of sp³-hybridized carbons (Fsp3) is 0.167. The molecule has 6 nitrogen and oxygen atoms in total. The number of methoxy groups -OCH3 is 1. The summed E-state index contributed by atoms with van der Waals surface area (Å²) in [6.45, 7) is 1.59. The minimum absolute atomic E-state index is 0.197. The van der Waals surface area contributed by atoms with Crippen LogP contribution in [0.15, 0.2) is 44.1 Å². The highest BCUT2D eigenvalue weighted by molar-refractivity contribution is 9.10. The Morgan fingerprint density at radius 3 is 2.77 bits per heavy atom. The number of rotatable bonds is 4. The molecule has 26 heavy (non-hydrogen) atoms. The molecule has 3 rings (SSSR count). The topological polar surface area (TPSA) is 76.8 Å². The Labute approximate surface area is 162 Å². The van der Waals surface area contributed by atoms with E-state index in [9.17, 15) is 14.4 Å². The number of esters is 1. The summed E-state index contributed by atoms with van der Waals surface area (Å²) in [6.07, 6.45) is 1.49. The van der Waals surface area contributed by atoms with Gasteiger partial charge < -0.3 is 9.15 Å². The summed E-state index contributed by atoms with van der Waals surface area (Å²) in [7, 11) is 1.20. The molecule has 8 heteroatoms. The molecule has 2 heterocycles. The summed E-state index contributed by atoms with van der Waals surface area (Å²) < 4.78 is 11.2. The van der Waals surface area contributed by atoms with Gasteiger partial charge in [0.2, 0.25) is 0 Å². The third-order valence-corrected chi connectivity index (χ3v) is 5.24. The summed E-state index contributed by atoms with van der Waals surface area (Å²) in [5.41, 5.74) is 2.00. The summed E-state index contributed by atoms with van der Waals surface area (Å²) in [6, 6.07) is 9.40. The molecule has 0 atom stereocenters. The van der Waals surface area contributed by atoms with Gasteiger partial charge in [0.1, 0.15) is 18.1 Å². The molecule has 0 radical (unpaired) electrons. The number of carbonyl (C=O) groups is 3. The number of imide groups is 1. The van der Waals surface area contributed by atoms with E-state index in [2.05, 4.69) is 20.7 Å². The largest absolute Gasteiger partial charge is 0.468 e. The van der Waals surface area contributed by atoms with Crippen molar-refractivity contribution in [1.29, 1.82) is 0 Å². The molecule has 2 aromatic rings. The van der Waals surface area contributed by atoms with Gasteiger partial charge in [-0.15, -0.1) is 0 Å². The minimum atomic E-state index is -0.655.